The zero-order chi connectivity index (χ0) is 11.3. The van der Waals surface area contributed by atoms with E-state index < -0.39 is 0 Å². The highest BCUT2D eigenvalue weighted by Gasteiger charge is 2.12. The molecule has 0 amide bonds. The molecular weight excluding hydrogens is 194 g/mol. The number of rotatable bonds is 5. The Morgan fingerprint density at radius 2 is 1.60 bits per heavy atom. The smallest absolute Gasteiger partial charge is 0.203 e. The normalized spacial score (nSPS) is 9.53. The minimum absolute atomic E-state index is 0.552. The summed E-state index contributed by atoms with van der Waals surface area (Å²) in [4.78, 5) is 0. The Bertz CT molecular complexity index is 325. The maximum Gasteiger partial charge on any atom is 0.203 e. The summed E-state index contributed by atoms with van der Waals surface area (Å²) in [6, 6.07) is 3.68. The van der Waals surface area contributed by atoms with Gasteiger partial charge < -0.3 is 19.6 Å². The Kier molecular flexibility index (Phi) is 3.97. The van der Waals surface area contributed by atoms with Crippen molar-refractivity contribution < 1.29 is 14.2 Å². The van der Waals surface area contributed by atoms with Crippen LogP contribution in [-0.2, 0) is 6.42 Å². The van der Waals surface area contributed by atoms with E-state index in [0.29, 0.717) is 23.7 Å². The lowest BCUT2D eigenvalue weighted by molar-refractivity contribution is 0.324. The van der Waals surface area contributed by atoms with Crippen molar-refractivity contribution in [1.29, 1.82) is 5.41 Å². The van der Waals surface area contributed by atoms with Gasteiger partial charge in [0.2, 0.25) is 5.75 Å². The van der Waals surface area contributed by atoms with Crippen molar-refractivity contribution in [2.75, 3.05) is 21.3 Å². The first-order chi connectivity index (χ1) is 7.26. The number of benzene rings is 1. The summed E-state index contributed by atoms with van der Waals surface area (Å²) in [7, 11) is 4.72. The molecule has 0 aromatic heterocycles. The third-order valence-electron chi connectivity index (χ3n) is 2.06. The van der Waals surface area contributed by atoms with Gasteiger partial charge in [0.1, 0.15) is 0 Å². The molecule has 0 saturated carbocycles. The zero-order valence-corrected chi connectivity index (χ0v) is 9.16. The first-order valence-corrected chi connectivity index (χ1v) is 4.54. The molecule has 82 valence electrons. The molecule has 4 heteroatoms. The van der Waals surface area contributed by atoms with Gasteiger partial charge in [0.05, 0.1) is 21.3 Å². The van der Waals surface area contributed by atoms with Crippen molar-refractivity contribution >= 4 is 6.21 Å². The van der Waals surface area contributed by atoms with Crippen molar-refractivity contribution in [2.45, 2.75) is 6.42 Å². The van der Waals surface area contributed by atoms with Gasteiger partial charge in [-0.25, -0.2) is 0 Å². The highest BCUT2D eigenvalue weighted by atomic mass is 16.5. The van der Waals surface area contributed by atoms with Crippen LogP contribution in [0, 0.1) is 5.41 Å². The van der Waals surface area contributed by atoms with Crippen molar-refractivity contribution in [3.63, 3.8) is 0 Å². The Morgan fingerprint density at radius 1 is 1.07 bits per heavy atom. The summed E-state index contributed by atoms with van der Waals surface area (Å²) in [5.41, 5.74) is 0.958. The largest absolute Gasteiger partial charge is 0.493 e. The molecule has 0 aliphatic rings. The van der Waals surface area contributed by atoms with Crippen LogP contribution in [0.4, 0.5) is 0 Å². The predicted octanol–water partition coefficient (Wildman–Crippen LogP) is 1.90. The molecular formula is C11H15NO3. The summed E-state index contributed by atoms with van der Waals surface area (Å²) in [5, 5.41) is 7.06. The molecule has 0 fully saturated rings. The molecule has 0 aliphatic carbocycles. The number of nitrogens with one attached hydrogen (secondary N) is 1. The van der Waals surface area contributed by atoms with Crippen LogP contribution < -0.4 is 14.2 Å². The molecule has 4 nitrogen and oxygen atoms in total. The van der Waals surface area contributed by atoms with E-state index in [2.05, 4.69) is 0 Å². The first-order valence-electron chi connectivity index (χ1n) is 4.54. The van der Waals surface area contributed by atoms with Crippen molar-refractivity contribution in [3.05, 3.63) is 17.7 Å². The van der Waals surface area contributed by atoms with E-state index in [0.717, 1.165) is 5.56 Å². The molecule has 0 heterocycles. The van der Waals surface area contributed by atoms with Crippen molar-refractivity contribution in [3.8, 4) is 17.2 Å². The van der Waals surface area contributed by atoms with Crippen LogP contribution >= 0.6 is 0 Å². The second kappa shape index (κ2) is 5.24. The number of hydrogen-bond acceptors (Lipinski definition) is 4. The maximum atomic E-state index is 7.06. The third kappa shape index (κ3) is 2.40. The molecule has 0 radical (unpaired) electrons. The van der Waals surface area contributed by atoms with E-state index >= 15 is 0 Å². The summed E-state index contributed by atoms with van der Waals surface area (Å²) in [6.45, 7) is 0. The molecule has 0 bridgehead atoms. The van der Waals surface area contributed by atoms with E-state index in [9.17, 15) is 0 Å². The van der Waals surface area contributed by atoms with Gasteiger partial charge >= 0.3 is 0 Å². The van der Waals surface area contributed by atoms with Gasteiger partial charge in [-0.2, -0.15) is 0 Å². The Hall–Kier alpha value is -1.71. The van der Waals surface area contributed by atoms with Gasteiger partial charge in [0, 0.05) is 6.42 Å². The highest BCUT2D eigenvalue weighted by Crippen LogP contribution is 2.38. The first kappa shape index (κ1) is 11.4. The van der Waals surface area contributed by atoms with E-state index in [1.165, 1.54) is 6.21 Å². The number of ether oxygens (including phenoxy) is 3. The van der Waals surface area contributed by atoms with Gasteiger partial charge in [0.15, 0.2) is 11.5 Å². The second-order valence-corrected chi connectivity index (χ2v) is 2.94. The van der Waals surface area contributed by atoms with Gasteiger partial charge in [-0.15, -0.1) is 0 Å². The molecule has 1 aromatic rings. The fourth-order valence-electron chi connectivity index (χ4n) is 1.37. The highest BCUT2D eigenvalue weighted by molar-refractivity contribution is 5.62. The summed E-state index contributed by atoms with van der Waals surface area (Å²) in [5.74, 6) is 1.82. The Morgan fingerprint density at radius 3 is 1.93 bits per heavy atom. The van der Waals surface area contributed by atoms with Gasteiger partial charge in [-0.3, -0.25) is 0 Å². The second-order valence-electron chi connectivity index (χ2n) is 2.94. The molecule has 0 unspecified atom stereocenters. The lowest BCUT2D eigenvalue weighted by Gasteiger charge is -2.13. The molecule has 0 aliphatic heterocycles. The lowest BCUT2D eigenvalue weighted by atomic mass is 10.1. The molecule has 1 rings (SSSR count). The third-order valence-corrected chi connectivity index (χ3v) is 2.06. The molecule has 0 saturated heterocycles. The number of methoxy groups -OCH3 is 3. The topological polar surface area (TPSA) is 51.5 Å². The average Bonchev–Trinajstić information content (AvgIpc) is 2.28. The summed E-state index contributed by atoms with van der Waals surface area (Å²) < 4.78 is 15.6. The molecule has 1 N–H and O–H groups in total. The fraction of sp³-hybridized carbons (Fsp3) is 0.364. The SMILES string of the molecule is COc1cc(CC=N)cc(OC)c1OC. The van der Waals surface area contributed by atoms with E-state index in [4.69, 9.17) is 19.6 Å². The van der Waals surface area contributed by atoms with Crippen molar-refractivity contribution in [1.82, 2.24) is 0 Å². The van der Waals surface area contributed by atoms with Crippen molar-refractivity contribution in [2.24, 2.45) is 0 Å². The minimum atomic E-state index is 0.552. The van der Waals surface area contributed by atoms with Crippen LogP contribution in [0.15, 0.2) is 12.1 Å². The zero-order valence-electron chi connectivity index (χ0n) is 9.16. The molecule has 1 aromatic carbocycles. The van der Waals surface area contributed by atoms with E-state index in [-0.39, 0.29) is 0 Å². The maximum absolute atomic E-state index is 7.06. The minimum Gasteiger partial charge on any atom is -0.493 e. The van der Waals surface area contributed by atoms with Gasteiger partial charge in [0.25, 0.3) is 0 Å². The van der Waals surface area contributed by atoms with Crippen LogP contribution in [0.1, 0.15) is 5.56 Å². The van der Waals surface area contributed by atoms with Gasteiger partial charge in [-0.05, 0) is 23.9 Å². The Balaban J connectivity index is 3.22. The predicted molar refractivity (Wildman–Crippen MR) is 58.6 cm³/mol. The van der Waals surface area contributed by atoms with Crippen LogP contribution in [0.5, 0.6) is 17.2 Å². The molecule has 15 heavy (non-hydrogen) atoms. The number of hydrogen-bond donors (Lipinski definition) is 1. The van der Waals surface area contributed by atoms with Gasteiger partial charge in [-0.1, -0.05) is 0 Å². The lowest BCUT2D eigenvalue weighted by Crippen LogP contribution is -1.97. The quantitative estimate of drug-likeness (QED) is 0.753. The standard InChI is InChI=1S/C11H15NO3/c1-13-9-6-8(4-5-12)7-10(14-2)11(9)15-3/h5-7,12H,4H2,1-3H3. The van der Waals surface area contributed by atoms with Crippen LogP contribution in [0.2, 0.25) is 0 Å². The van der Waals surface area contributed by atoms with Crippen LogP contribution in [0.3, 0.4) is 0 Å². The van der Waals surface area contributed by atoms with E-state index in [1.54, 1.807) is 21.3 Å². The average molecular weight is 209 g/mol. The van der Waals surface area contributed by atoms with Crippen LogP contribution in [-0.4, -0.2) is 27.5 Å². The summed E-state index contributed by atoms with van der Waals surface area (Å²) >= 11 is 0. The molecule has 0 spiro atoms. The Labute approximate surface area is 89.3 Å². The van der Waals surface area contributed by atoms with Crippen LogP contribution in [0.25, 0.3) is 0 Å². The monoisotopic (exact) mass is 209 g/mol. The van der Waals surface area contributed by atoms with E-state index in [1.807, 2.05) is 12.1 Å². The fourth-order valence-corrected chi connectivity index (χ4v) is 1.37. The molecule has 0 atom stereocenters. The summed E-state index contributed by atoms with van der Waals surface area (Å²) in [6.07, 6.45) is 1.89.